The maximum absolute atomic E-state index is 13.7. The van der Waals surface area contributed by atoms with Gasteiger partial charge < -0.3 is 0 Å². The lowest BCUT2D eigenvalue weighted by Crippen LogP contribution is -2.23. The highest BCUT2D eigenvalue weighted by Crippen LogP contribution is 2.12. The number of nitriles is 1. The summed E-state index contributed by atoms with van der Waals surface area (Å²) in [5, 5.41) is 8.67. The van der Waals surface area contributed by atoms with E-state index in [1.807, 2.05) is 6.07 Å². The molecular weight excluding hydrogens is 313 g/mol. The van der Waals surface area contributed by atoms with Crippen LogP contribution in [-0.4, -0.2) is 9.55 Å². The molecular formula is C13H9BrFN3O. The molecule has 1 heterocycles. The Labute approximate surface area is 117 Å². The van der Waals surface area contributed by atoms with Crippen LogP contribution >= 0.6 is 15.9 Å². The average Bonchev–Trinajstić information content (AvgIpc) is 2.41. The van der Waals surface area contributed by atoms with Crippen molar-refractivity contribution in [2.75, 3.05) is 0 Å². The molecule has 0 bridgehead atoms. The van der Waals surface area contributed by atoms with Gasteiger partial charge >= 0.3 is 0 Å². The number of rotatable bonds is 2. The van der Waals surface area contributed by atoms with E-state index >= 15 is 0 Å². The molecule has 0 N–H and O–H groups in total. The first-order valence-electron chi connectivity index (χ1n) is 5.43. The molecule has 2 aromatic rings. The lowest BCUT2D eigenvalue weighted by molar-refractivity contribution is 0.592. The Morgan fingerprint density at radius 1 is 1.53 bits per heavy atom. The Morgan fingerprint density at radius 3 is 2.89 bits per heavy atom. The van der Waals surface area contributed by atoms with Gasteiger partial charge in [-0.15, -0.1) is 0 Å². The lowest BCUT2D eigenvalue weighted by atomic mass is 10.1. The highest BCUT2D eigenvalue weighted by molar-refractivity contribution is 9.10. The van der Waals surface area contributed by atoms with Crippen molar-refractivity contribution in [3.8, 4) is 6.07 Å². The normalized spacial score (nSPS) is 10.2. The van der Waals surface area contributed by atoms with E-state index in [0.29, 0.717) is 15.7 Å². The van der Waals surface area contributed by atoms with Gasteiger partial charge in [-0.3, -0.25) is 9.36 Å². The molecule has 0 radical (unpaired) electrons. The Hall–Kier alpha value is -2.00. The highest BCUT2D eigenvalue weighted by Gasteiger charge is 2.09. The number of aromatic nitrogens is 2. The molecule has 0 aliphatic rings. The van der Waals surface area contributed by atoms with E-state index in [9.17, 15) is 9.18 Å². The molecule has 4 nitrogen and oxygen atoms in total. The van der Waals surface area contributed by atoms with Gasteiger partial charge in [0, 0.05) is 5.56 Å². The quantitative estimate of drug-likeness (QED) is 0.853. The first-order chi connectivity index (χ1) is 9.02. The summed E-state index contributed by atoms with van der Waals surface area (Å²) in [7, 11) is 0. The van der Waals surface area contributed by atoms with Gasteiger partial charge in [0.2, 0.25) is 0 Å². The van der Waals surface area contributed by atoms with Crippen LogP contribution in [0.25, 0.3) is 0 Å². The van der Waals surface area contributed by atoms with Crippen molar-refractivity contribution >= 4 is 15.9 Å². The van der Waals surface area contributed by atoms with Crippen LogP contribution in [0.4, 0.5) is 4.39 Å². The molecule has 0 fully saturated rings. The fourth-order valence-electron chi connectivity index (χ4n) is 1.59. The van der Waals surface area contributed by atoms with Crippen molar-refractivity contribution in [1.29, 1.82) is 5.26 Å². The number of halogens is 2. The Morgan fingerprint density at radius 2 is 2.26 bits per heavy atom. The monoisotopic (exact) mass is 321 g/mol. The molecule has 2 rings (SSSR count). The van der Waals surface area contributed by atoms with Crippen LogP contribution in [0.1, 0.15) is 16.8 Å². The van der Waals surface area contributed by atoms with Crippen molar-refractivity contribution in [1.82, 2.24) is 9.55 Å². The van der Waals surface area contributed by atoms with Crippen LogP contribution in [0.2, 0.25) is 0 Å². The van der Waals surface area contributed by atoms with E-state index < -0.39 is 5.82 Å². The number of hydrogen-bond acceptors (Lipinski definition) is 3. The minimum Gasteiger partial charge on any atom is -0.294 e. The van der Waals surface area contributed by atoms with E-state index in [-0.39, 0.29) is 17.7 Å². The minimum atomic E-state index is -0.511. The van der Waals surface area contributed by atoms with Crippen molar-refractivity contribution in [3.05, 3.63) is 62.0 Å². The van der Waals surface area contributed by atoms with Gasteiger partial charge in [0.15, 0.2) is 0 Å². The second kappa shape index (κ2) is 5.33. The second-order valence-corrected chi connectivity index (χ2v) is 4.79. The van der Waals surface area contributed by atoms with Gasteiger partial charge in [-0.2, -0.15) is 5.26 Å². The molecule has 1 aromatic heterocycles. The largest absolute Gasteiger partial charge is 0.294 e. The van der Waals surface area contributed by atoms with Crippen LogP contribution in [0.3, 0.4) is 0 Å². The zero-order valence-electron chi connectivity index (χ0n) is 10.0. The molecule has 0 atom stereocenters. The maximum atomic E-state index is 13.7. The van der Waals surface area contributed by atoms with E-state index in [4.69, 9.17) is 5.26 Å². The third-order valence-electron chi connectivity index (χ3n) is 2.68. The molecule has 0 aliphatic heterocycles. The summed E-state index contributed by atoms with van der Waals surface area (Å²) in [4.78, 5) is 16.0. The van der Waals surface area contributed by atoms with Crippen molar-refractivity contribution in [3.63, 3.8) is 0 Å². The zero-order valence-corrected chi connectivity index (χ0v) is 11.6. The van der Waals surface area contributed by atoms with Gasteiger partial charge in [0.1, 0.15) is 10.3 Å². The van der Waals surface area contributed by atoms with Gasteiger partial charge in [-0.25, -0.2) is 9.37 Å². The number of hydrogen-bond donors (Lipinski definition) is 0. The topological polar surface area (TPSA) is 58.7 Å². The van der Waals surface area contributed by atoms with E-state index in [0.717, 1.165) is 6.07 Å². The van der Waals surface area contributed by atoms with Crippen molar-refractivity contribution < 1.29 is 4.39 Å². The molecule has 0 spiro atoms. The third kappa shape index (κ3) is 2.71. The van der Waals surface area contributed by atoms with Gasteiger partial charge in [-0.05, 0) is 35.0 Å². The summed E-state index contributed by atoms with van der Waals surface area (Å²) >= 11 is 3.15. The summed E-state index contributed by atoms with van der Waals surface area (Å²) in [6.45, 7) is 1.78. The summed E-state index contributed by atoms with van der Waals surface area (Å²) < 4.78 is 15.4. The molecule has 96 valence electrons. The SMILES string of the molecule is Cc1ncn(Cc2ccc(C#N)cc2F)c(=O)c1Br. The fraction of sp³-hybridized carbons (Fsp3) is 0.154. The summed E-state index contributed by atoms with van der Waals surface area (Å²) in [6, 6.07) is 6.02. The number of nitrogens with zero attached hydrogens (tertiary/aromatic N) is 3. The minimum absolute atomic E-state index is 0.0717. The van der Waals surface area contributed by atoms with Crippen LogP contribution in [-0.2, 0) is 6.54 Å². The first kappa shape index (κ1) is 13.4. The van der Waals surface area contributed by atoms with Crippen LogP contribution in [0.15, 0.2) is 33.8 Å². The third-order valence-corrected chi connectivity index (χ3v) is 3.59. The molecule has 0 saturated heterocycles. The van der Waals surface area contributed by atoms with Gasteiger partial charge in [0.05, 0.1) is 30.2 Å². The Balaban J connectivity index is 2.40. The van der Waals surface area contributed by atoms with Crippen molar-refractivity contribution in [2.24, 2.45) is 0 Å². The predicted octanol–water partition coefficient (Wildman–Crippen LogP) is 2.37. The van der Waals surface area contributed by atoms with E-state index in [1.165, 1.54) is 23.0 Å². The summed E-state index contributed by atoms with van der Waals surface area (Å²) in [5.41, 5.74) is 0.897. The molecule has 1 aromatic carbocycles. The lowest BCUT2D eigenvalue weighted by Gasteiger charge is -2.08. The van der Waals surface area contributed by atoms with Crippen LogP contribution in [0.5, 0.6) is 0 Å². The molecule has 0 aliphatic carbocycles. The molecule has 0 amide bonds. The first-order valence-corrected chi connectivity index (χ1v) is 6.22. The molecule has 0 unspecified atom stereocenters. The molecule has 19 heavy (non-hydrogen) atoms. The van der Waals surface area contributed by atoms with E-state index in [1.54, 1.807) is 6.92 Å². The van der Waals surface area contributed by atoms with Gasteiger partial charge in [0.25, 0.3) is 5.56 Å². The number of aryl methyl sites for hydroxylation is 1. The van der Waals surface area contributed by atoms with Gasteiger partial charge in [-0.1, -0.05) is 6.07 Å². The Kier molecular flexibility index (Phi) is 3.76. The van der Waals surface area contributed by atoms with E-state index in [2.05, 4.69) is 20.9 Å². The highest BCUT2D eigenvalue weighted by atomic mass is 79.9. The van der Waals surface area contributed by atoms with Crippen LogP contribution < -0.4 is 5.56 Å². The second-order valence-electron chi connectivity index (χ2n) is 4.00. The molecule has 0 saturated carbocycles. The fourth-order valence-corrected chi connectivity index (χ4v) is 1.92. The van der Waals surface area contributed by atoms with Crippen LogP contribution in [0, 0.1) is 24.1 Å². The Bertz CT molecular complexity index is 734. The zero-order chi connectivity index (χ0) is 14.0. The maximum Gasteiger partial charge on any atom is 0.268 e. The smallest absolute Gasteiger partial charge is 0.268 e. The average molecular weight is 322 g/mol. The predicted molar refractivity (Wildman–Crippen MR) is 71.2 cm³/mol. The molecule has 6 heteroatoms. The van der Waals surface area contributed by atoms with Crippen molar-refractivity contribution in [2.45, 2.75) is 13.5 Å². The summed E-state index contributed by atoms with van der Waals surface area (Å²) in [5.74, 6) is -0.511. The number of benzene rings is 1. The summed E-state index contributed by atoms with van der Waals surface area (Å²) in [6.07, 6.45) is 1.38. The standard InChI is InChI=1S/C13H9BrFN3O/c1-8-12(14)13(19)18(7-17-8)6-10-3-2-9(5-16)4-11(10)15/h2-4,7H,6H2,1H3.